The predicted octanol–water partition coefficient (Wildman–Crippen LogP) is 0.948. The zero-order chi connectivity index (χ0) is 8.85. The highest BCUT2D eigenvalue weighted by molar-refractivity contribution is 8.14. The van der Waals surface area contributed by atoms with Crippen molar-refractivity contribution in [2.24, 2.45) is 0 Å². The van der Waals surface area contributed by atoms with Gasteiger partial charge < -0.3 is 0 Å². The van der Waals surface area contributed by atoms with E-state index in [4.69, 9.17) is 2.97 Å². The normalized spacial score (nSPS) is 20.3. The van der Waals surface area contributed by atoms with Crippen molar-refractivity contribution < 1.29 is 12.6 Å². The second kappa shape index (κ2) is 2.39. The van der Waals surface area contributed by atoms with E-state index in [0.29, 0.717) is 12.3 Å². The topological polar surface area (TPSA) is 37.4 Å². The zero-order valence-corrected chi connectivity index (χ0v) is 5.90. The first-order valence-corrected chi connectivity index (χ1v) is 3.71. The monoisotopic (exact) mass is 149 g/mol. The number of rotatable bonds is 1. The lowest BCUT2D eigenvalue weighted by molar-refractivity contribution is -0.124. The maximum Gasteiger partial charge on any atom is 0.288 e. The molecule has 0 unspecified atom stereocenters. The summed E-state index contributed by atoms with van der Waals surface area (Å²) in [6, 6.07) is 0. The molecular formula is C5H9NO2S. The molecule has 9 heavy (non-hydrogen) atoms. The fourth-order valence-corrected chi connectivity index (χ4v) is 1.48. The minimum Gasteiger partial charge on any atom is -0.273 e. The van der Waals surface area contributed by atoms with Crippen LogP contribution in [0.3, 0.4) is 0 Å². The fraction of sp³-hybridized carbons (Fsp3) is 0.600. The van der Waals surface area contributed by atoms with Gasteiger partial charge in [-0.2, -0.15) is 0 Å². The zero-order valence-electron chi connectivity index (χ0n) is 7.09. The lowest BCUT2D eigenvalue weighted by Crippen LogP contribution is -2.27. The molecule has 1 saturated heterocycles. The van der Waals surface area contributed by atoms with Crippen LogP contribution in [0.2, 0.25) is 0 Å². The van der Waals surface area contributed by atoms with Crippen LogP contribution in [0.4, 0.5) is 4.79 Å². The molecule has 0 aromatic heterocycles. The second-order valence-corrected chi connectivity index (χ2v) is 2.62. The molecule has 1 rings (SSSR count). The first-order chi connectivity index (χ1) is 5.25. The van der Waals surface area contributed by atoms with E-state index in [1.54, 1.807) is 6.92 Å². The van der Waals surface area contributed by atoms with E-state index in [2.05, 4.69) is 0 Å². The maximum atomic E-state index is 10.7. The van der Waals surface area contributed by atoms with Crippen LogP contribution in [-0.2, 0) is 4.79 Å². The average molecular weight is 149 g/mol. The Kier molecular flexibility index (Phi) is 1.40. The molecule has 0 aromatic carbocycles. The van der Waals surface area contributed by atoms with Gasteiger partial charge in [0.25, 0.3) is 5.24 Å². The summed E-state index contributed by atoms with van der Waals surface area (Å²) in [7, 11) is 0. The predicted molar refractivity (Wildman–Crippen MR) is 37.4 cm³/mol. The molecule has 1 aliphatic rings. The summed E-state index contributed by atoms with van der Waals surface area (Å²) < 4.78 is 10.0. The Morgan fingerprint density at radius 1 is 1.89 bits per heavy atom. The molecule has 1 heterocycles. The first-order valence-electron chi connectivity index (χ1n) is 3.73. The Morgan fingerprint density at radius 2 is 2.56 bits per heavy atom. The van der Waals surface area contributed by atoms with Crippen LogP contribution in [-0.4, -0.2) is 28.3 Å². The average Bonchev–Trinajstić information content (AvgIpc) is 2.35. The number of carbonyl (C=O) groups excluding carboxylic acids is 2. The molecule has 0 bridgehead atoms. The van der Waals surface area contributed by atoms with Gasteiger partial charge in [0.1, 0.15) is 0 Å². The third-order valence-corrected chi connectivity index (χ3v) is 2.02. The molecule has 0 radical (unpaired) electrons. The van der Waals surface area contributed by atoms with Crippen molar-refractivity contribution in [3.05, 3.63) is 0 Å². The van der Waals surface area contributed by atoms with E-state index in [0.717, 1.165) is 11.8 Å². The summed E-state index contributed by atoms with van der Waals surface area (Å²) in [5.41, 5.74) is 0. The Balaban J connectivity index is 0.000000461. The molecule has 3 nitrogen and oxygen atoms in total. The number of thioether (sulfide) groups is 1. The molecule has 0 N–H and O–H groups in total. The van der Waals surface area contributed by atoms with Crippen LogP contribution < -0.4 is 0 Å². The Labute approximate surface area is 60.5 Å². The fourth-order valence-electron chi connectivity index (χ4n) is 0.687. The number of nitrogens with zero attached hydrogens (tertiary/aromatic N) is 1. The van der Waals surface area contributed by atoms with E-state index in [-0.39, 0.29) is 11.1 Å². The number of hydrogen-bond acceptors (Lipinski definition) is 3. The van der Waals surface area contributed by atoms with Gasteiger partial charge in [0, 0.05) is 9.51 Å². The van der Waals surface area contributed by atoms with Gasteiger partial charge in [-0.15, -0.1) is 0 Å². The molecule has 4 heteroatoms. The number of hydrogen-bond donors (Lipinski definition) is 0. The molecule has 0 aliphatic carbocycles. The molecule has 0 spiro atoms. The van der Waals surface area contributed by atoms with Gasteiger partial charge in [0.15, 0.2) is 0 Å². The van der Waals surface area contributed by atoms with Crippen LogP contribution in [0.15, 0.2) is 0 Å². The highest BCUT2D eigenvalue weighted by Gasteiger charge is 2.27. The lowest BCUT2D eigenvalue weighted by Gasteiger charge is -2.06. The van der Waals surface area contributed by atoms with Gasteiger partial charge in [-0.3, -0.25) is 14.5 Å². The first kappa shape index (κ1) is 5.29. The molecule has 0 aromatic rings. The van der Waals surface area contributed by atoms with Gasteiger partial charge >= 0.3 is 0 Å². The summed E-state index contributed by atoms with van der Waals surface area (Å²) in [5.74, 6) is 0.264. The molecular weight excluding hydrogens is 138 g/mol. The van der Waals surface area contributed by atoms with Crippen molar-refractivity contribution in [1.82, 2.24) is 4.90 Å². The third-order valence-electron chi connectivity index (χ3n) is 1.16. The van der Waals surface area contributed by atoms with Crippen LogP contribution in [0.5, 0.6) is 0 Å². The van der Waals surface area contributed by atoms with Gasteiger partial charge in [0.05, 0.1) is 5.75 Å². The van der Waals surface area contributed by atoms with Crippen LogP contribution in [0.25, 0.3) is 0 Å². The number of amides is 2. The van der Waals surface area contributed by atoms with Crippen molar-refractivity contribution in [3.8, 4) is 0 Å². The van der Waals surface area contributed by atoms with Crippen molar-refractivity contribution in [1.29, 1.82) is 0 Å². The minimum absolute atomic E-state index is 0.0625. The highest BCUT2D eigenvalue weighted by atomic mass is 32.2. The van der Waals surface area contributed by atoms with E-state index in [9.17, 15) is 9.59 Å². The van der Waals surface area contributed by atoms with Crippen LogP contribution >= 0.6 is 11.8 Å². The summed E-state index contributed by atoms with van der Waals surface area (Å²) in [4.78, 5) is 22.6. The van der Waals surface area contributed by atoms with Gasteiger partial charge in [-0.05, 0) is 6.92 Å². The molecule has 2 amide bonds. The van der Waals surface area contributed by atoms with Crippen LogP contribution in [0, 0.1) is 0 Å². The van der Waals surface area contributed by atoms with E-state index >= 15 is 0 Å². The Bertz CT molecular complexity index is 149. The van der Waals surface area contributed by atoms with E-state index in [1.165, 1.54) is 4.90 Å². The summed E-state index contributed by atoms with van der Waals surface area (Å²) in [5, 5.41) is -0.109. The van der Waals surface area contributed by atoms with Gasteiger partial charge in [-0.1, -0.05) is 11.8 Å². The molecule has 52 valence electrons. The van der Waals surface area contributed by atoms with Crippen molar-refractivity contribution >= 4 is 22.9 Å². The van der Waals surface area contributed by atoms with Gasteiger partial charge in [-0.25, -0.2) is 0 Å². The van der Waals surface area contributed by atoms with Crippen molar-refractivity contribution in [2.75, 3.05) is 12.3 Å². The third kappa shape index (κ3) is 1.08. The maximum absolute atomic E-state index is 10.7. The van der Waals surface area contributed by atoms with E-state index < -0.39 is 0 Å². The van der Waals surface area contributed by atoms with Gasteiger partial charge in [0.2, 0.25) is 5.91 Å². The van der Waals surface area contributed by atoms with E-state index in [1.807, 2.05) is 0 Å². The molecule has 0 atom stereocenters. The SMILES string of the molecule is CCN1C(=O)CSC1=O.[2H][2H]. The number of imide groups is 1. The standard InChI is InChI=1S/C5H7NO2S.H2/c1-2-6-4(7)3-9-5(6)8;/h2-3H2,1H3;1H/i;1+1D. The van der Waals surface area contributed by atoms with Crippen LogP contribution in [0.1, 0.15) is 9.89 Å². The highest BCUT2D eigenvalue weighted by Crippen LogP contribution is 2.17. The van der Waals surface area contributed by atoms with Crippen molar-refractivity contribution in [3.63, 3.8) is 0 Å². The quantitative estimate of drug-likeness (QED) is 0.557. The summed E-state index contributed by atoms with van der Waals surface area (Å²) in [6.07, 6.45) is 0. The smallest absolute Gasteiger partial charge is 0.273 e. The lowest BCUT2D eigenvalue weighted by atomic mass is 10.5. The number of carbonyl (C=O) groups is 2. The second-order valence-electron chi connectivity index (χ2n) is 1.69. The molecule has 0 saturated carbocycles. The van der Waals surface area contributed by atoms with Crippen molar-refractivity contribution in [2.45, 2.75) is 6.92 Å². The summed E-state index contributed by atoms with van der Waals surface area (Å²) in [6.45, 7) is 2.30. The summed E-state index contributed by atoms with van der Waals surface area (Å²) >= 11 is 1.08. The largest absolute Gasteiger partial charge is 0.288 e. The molecule has 1 fully saturated rings. The Hall–Kier alpha value is -0.510. The molecule has 1 aliphatic heterocycles. The minimum atomic E-state index is -0.109. The Morgan fingerprint density at radius 3 is 2.78 bits per heavy atom.